The smallest absolute Gasteiger partial charge is 0.242 e. The molecule has 0 radical (unpaired) electrons. The van der Waals surface area contributed by atoms with Crippen LogP contribution in [0.1, 0.15) is 0 Å². The molecule has 1 amide bonds. The first-order valence-electron chi connectivity index (χ1n) is 7.11. The molecule has 5 nitrogen and oxygen atoms in total. The van der Waals surface area contributed by atoms with Crippen molar-refractivity contribution in [3.05, 3.63) is 52.5 Å². The second-order valence-corrected chi connectivity index (χ2v) is 9.15. The molecule has 0 saturated heterocycles. The van der Waals surface area contributed by atoms with E-state index in [0.29, 0.717) is 20.6 Å². The molecular weight excluding hydrogens is 403 g/mol. The minimum atomic E-state index is -3.49. The Morgan fingerprint density at radius 1 is 1.08 bits per heavy atom. The van der Waals surface area contributed by atoms with E-state index in [2.05, 4.69) is 5.32 Å². The van der Waals surface area contributed by atoms with E-state index in [1.165, 1.54) is 38.0 Å². The number of carbonyl (C=O) groups is 1. The van der Waals surface area contributed by atoms with Crippen LogP contribution in [-0.4, -0.2) is 38.5 Å². The molecule has 0 aliphatic heterocycles. The molecule has 0 fully saturated rings. The minimum absolute atomic E-state index is 0.126. The van der Waals surface area contributed by atoms with E-state index in [9.17, 15) is 13.2 Å². The maximum absolute atomic E-state index is 12.1. The fraction of sp³-hybridized carbons (Fsp3) is 0.188. The van der Waals surface area contributed by atoms with Gasteiger partial charge in [-0.05, 0) is 36.4 Å². The molecular formula is C16H16Cl2N2O3S2. The highest BCUT2D eigenvalue weighted by atomic mass is 35.5. The molecule has 25 heavy (non-hydrogen) atoms. The summed E-state index contributed by atoms with van der Waals surface area (Å²) in [6.07, 6.45) is 0. The topological polar surface area (TPSA) is 66.5 Å². The van der Waals surface area contributed by atoms with Gasteiger partial charge in [-0.25, -0.2) is 12.7 Å². The van der Waals surface area contributed by atoms with Gasteiger partial charge in [0.1, 0.15) is 0 Å². The molecule has 0 aliphatic carbocycles. The lowest BCUT2D eigenvalue weighted by Crippen LogP contribution is -2.22. The van der Waals surface area contributed by atoms with Gasteiger partial charge in [-0.15, -0.1) is 11.8 Å². The van der Waals surface area contributed by atoms with Crippen LogP contribution in [0.2, 0.25) is 10.0 Å². The average molecular weight is 419 g/mol. The van der Waals surface area contributed by atoms with Crippen molar-refractivity contribution in [2.45, 2.75) is 9.79 Å². The lowest BCUT2D eigenvalue weighted by atomic mass is 10.3. The Kier molecular flexibility index (Phi) is 6.76. The van der Waals surface area contributed by atoms with Gasteiger partial charge in [0.05, 0.1) is 20.7 Å². The summed E-state index contributed by atoms with van der Waals surface area (Å²) < 4.78 is 25.1. The molecule has 9 heteroatoms. The van der Waals surface area contributed by atoms with Crippen molar-refractivity contribution in [2.24, 2.45) is 0 Å². The van der Waals surface area contributed by atoms with Crippen molar-refractivity contribution in [3.63, 3.8) is 0 Å². The number of benzene rings is 2. The van der Waals surface area contributed by atoms with E-state index in [4.69, 9.17) is 23.2 Å². The highest BCUT2D eigenvalue weighted by molar-refractivity contribution is 8.00. The number of rotatable bonds is 6. The number of anilines is 1. The van der Waals surface area contributed by atoms with Gasteiger partial charge in [-0.1, -0.05) is 29.3 Å². The maximum atomic E-state index is 12.1. The van der Waals surface area contributed by atoms with Crippen LogP contribution in [-0.2, 0) is 14.8 Å². The first kappa shape index (κ1) is 20.1. The highest BCUT2D eigenvalue weighted by Gasteiger charge is 2.17. The monoisotopic (exact) mass is 418 g/mol. The van der Waals surface area contributed by atoms with E-state index in [1.54, 1.807) is 30.3 Å². The fourth-order valence-corrected chi connectivity index (χ4v) is 4.26. The quantitative estimate of drug-likeness (QED) is 0.720. The summed E-state index contributed by atoms with van der Waals surface area (Å²) in [6, 6.07) is 11.1. The second-order valence-electron chi connectivity index (χ2n) is 5.20. The standard InChI is InChI=1S/C16H16Cl2N2O3S2/c1-20(2)25(22,23)12-8-6-11(7-9-12)19-15(21)10-24-16-13(17)4-3-5-14(16)18/h3-9H,10H2,1-2H3,(H,19,21). The van der Waals surface area contributed by atoms with Crippen LogP contribution >= 0.6 is 35.0 Å². The van der Waals surface area contributed by atoms with Gasteiger partial charge in [-0.2, -0.15) is 0 Å². The summed E-state index contributed by atoms with van der Waals surface area (Å²) in [7, 11) is -0.570. The third-order valence-electron chi connectivity index (χ3n) is 3.18. The summed E-state index contributed by atoms with van der Waals surface area (Å²) in [5.41, 5.74) is 0.508. The predicted molar refractivity (Wildman–Crippen MR) is 103 cm³/mol. The largest absolute Gasteiger partial charge is 0.325 e. The fourth-order valence-electron chi connectivity index (χ4n) is 1.88. The molecule has 0 heterocycles. The number of halogens is 2. The number of nitrogens with zero attached hydrogens (tertiary/aromatic N) is 1. The number of thioether (sulfide) groups is 1. The van der Waals surface area contributed by atoms with E-state index < -0.39 is 10.0 Å². The molecule has 0 atom stereocenters. The Morgan fingerprint density at radius 2 is 1.64 bits per heavy atom. The van der Waals surface area contributed by atoms with Crippen molar-refractivity contribution in [2.75, 3.05) is 25.2 Å². The molecule has 1 N–H and O–H groups in total. The molecule has 0 aromatic heterocycles. The van der Waals surface area contributed by atoms with Crippen LogP contribution in [0.3, 0.4) is 0 Å². The lowest BCUT2D eigenvalue weighted by molar-refractivity contribution is -0.113. The summed E-state index contributed by atoms with van der Waals surface area (Å²) in [4.78, 5) is 12.9. The summed E-state index contributed by atoms with van der Waals surface area (Å²) in [5, 5.41) is 3.68. The number of hydrogen-bond donors (Lipinski definition) is 1. The predicted octanol–water partition coefficient (Wildman–Crippen LogP) is 3.97. The number of sulfonamides is 1. The van der Waals surface area contributed by atoms with Crippen LogP contribution < -0.4 is 5.32 Å². The zero-order chi connectivity index (χ0) is 18.6. The van der Waals surface area contributed by atoms with Gasteiger partial charge >= 0.3 is 0 Å². The van der Waals surface area contributed by atoms with Gasteiger partial charge in [0.15, 0.2) is 0 Å². The Labute approximate surface area is 161 Å². The van der Waals surface area contributed by atoms with Crippen LogP contribution in [0.4, 0.5) is 5.69 Å². The van der Waals surface area contributed by atoms with Crippen molar-refractivity contribution < 1.29 is 13.2 Å². The third-order valence-corrected chi connectivity index (χ3v) is 7.00. The minimum Gasteiger partial charge on any atom is -0.325 e. The second kappa shape index (κ2) is 8.42. The molecule has 2 rings (SSSR count). The average Bonchev–Trinajstić information content (AvgIpc) is 2.54. The zero-order valence-electron chi connectivity index (χ0n) is 13.5. The Hall–Kier alpha value is -1.25. The molecule has 2 aromatic rings. The first-order valence-corrected chi connectivity index (χ1v) is 10.3. The molecule has 134 valence electrons. The van der Waals surface area contributed by atoms with E-state index in [0.717, 1.165) is 4.31 Å². The molecule has 2 aromatic carbocycles. The molecule has 0 unspecified atom stereocenters. The SMILES string of the molecule is CN(C)S(=O)(=O)c1ccc(NC(=O)CSc2c(Cl)cccc2Cl)cc1. The maximum Gasteiger partial charge on any atom is 0.242 e. The van der Waals surface area contributed by atoms with Gasteiger partial charge < -0.3 is 5.32 Å². The summed E-state index contributed by atoms with van der Waals surface area (Å²) in [6.45, 7) is 0. The van der Waals surface area contributed by atoms with Gasteiger partial charge in [0, 0.05) is 24.7 Å². The number of nitrogens with one attached hydrogen (secondary N) is 1. The Bertz CT molecular complexity index is 849. The Morgan fingerprint density at radius 3 is 2.16 bits per heavy atom. The van der Waals surface area contributed by atoms with Crippen molar-refractivity contribution >= 4 is 56.6 Å². The van der Waals surface area contributed by atoms with Gasteiger partial charge in [0.25, 0.3) is 0 Å². The van der Waals surface area contributed by atoms with Crippen LogP contribution in [0.25, 0.3) is 0 Å². The number of carbonyl (C=O) groups excluding carboxylic acids is 1. The number of hydrogen-bond acceptors (Lipinski definition) is 4. The molecule has 0 saturated carbocycles. The van der Waals surface area contributed by atoms with Crippen LogP contribution in [0.15, 0.2) is 52.3 Å². The van der Waals surface area contributed by atoms with Crippen molar-refractivity contribution in [1.82, 2.24) is 4.31 Å². The zero-order valence-corrected chi connectivity index (χ0v) is 16.6. The summed E-state index contributed by atoms with van der Waals surface area (Å²) >= 11 is 13.4. The van der Waals surface area contributed by atoms with Crippen LogP contribution in [0, 0.1) is 0 Å². The van der Waals surface area contributed by atoms with E-state index in [1.807, 2.05) is 0 Å². The third kappa shape index (κ3) is 5.12. The van der Waals surface area contributed by atoms with Gasteiger partial charge in [0.2, 0.25) is 15.9 Å². The van der Waals surface area contributed by atoms with Crippen LogP contribution in [0.5, 0.6) is 0 Å². The lowest BCUT2D eigenvalue weighted by Gasteiger charge is -2.12. The van der Waals surface area contributed by atoms with E-state index >= 15 is 0 Å². The molecule has 0 aliphatic rings. The highest BCUT2D eigenvalue weighted by Crippen LogP contribution is 2.33. The number of amides is 1. The van der Waals surface area contributed by atoms with Crippen molar-refractivity contribution in [1.29, 1.82) is 0 Å². The first-order chi connectivity index (χ1) is 11.7. The van der Waals surface area contributed by atoms with E-state index in [-0.39, 0.29) is 16.6 Å². The molecule has 0 bridgehead atoms. The Balaban J connectivity index is 1.99. The van der Waals surface area contributed by atoms with Gasteiger partial charge in [-0.3, -0.25) is 4.79 Å². The summed E-state index contributed by atoms with van der Waals surface area (Å²) in [5.74, 6) is -0.120. The van der Waals surface area contributed by atoms with Crippen molar-refractivity contribution in [3.8, 4) is 0 Å². The molecule has 0 spiro atoms. The normalized spacial score (nSPS) is 11.6.